The van der Waals surface area contributed by atoms with Crippen molar-refractivity contribution in [1.29, 1.82) is 0 Å². The van der Waals surface area contributed by atoms with Gasteiger partial charge in [-0.05, 0) is 6.54 Å². The molecule has 0 atom stereocenters. The molecular weight excluding hydrogens is 202 g/mol. The summed E-state index contributed by atoms with van der Waals surface area (Å²) in [6.45, 7) is 6.96. The van der Waals surface area contributed by atoms with E-state index >= 15 is 0 Å². The highest BCUT2D eigenvalue weighted by molar-refractivity contribution is 6.69. The monoisotopic (exact) mass is 219 g/mol. The van der Waals surface area contributed by atoms with Gasteiger partial charge in [-0.15, -0.1) is 0 Å². The van der Waals surface area contributed by atoms with Crippen LogP contribution in [0.1, 0.15) is 20.8 Å². The molecule has 0 rings (SSSR count). The highest BCUT2D eigenvalue weighted by atomic mass is 28.4. The average molecular weight is 219 g/mol. The smallest absolute Gasteiger partial charge is 0.475 e. The van der Waals surface area contributed by atoms with Crippen LogP contribution < -0.4 is 5.32 Å². The standard InChI is InChI=1S/C8H17NO4Si/c1-5-9-6-14(4,12-7(2)10)13-8(3)11/h9H,5-6H2,1-4H3. The Balaban J connectivity index is 4.31. The van der Waals surface area contributed by atoms with Gasteiger partial charge in [-0.25, -0.2) is 0 Å². The van der Waals surface area contributed by atoms with Gasteiger partial charge in [-0.2, -0.15) is 0 Å². The minimum atomic E-state index is -2.71. The molecule has 0 aliphatic heterocycles. The van der Waals surface area contributed by atoms with Gasteiger partial charge < -0.3 is 14.2 Å². The van der Waals surface area contributed by atoms with Crippen LogP contribution in [-0.4, -0.2) is 33.2 Å². The molecule has 0 saturated carbocycles. The quantitative estimate of drug-likeness (QED) is 0.675. The van der Waals surface area contributed by atoms with Crippen LogP contribution in [0.4, 0.5) is 0 Å². The first-order chi connectivity index (χ1) is 6.39. The first-order valence-corrected chi connectivity index (χ1v) is 7.02. The van der Waals surface area contributed by atoms with E-state index in [9.17, 15) is 9.59 Å². The second kappa shape index (κ2) is 5.76. The lowest BCUT2D eigenvalue weighted by molar-refractivity contribution is -0.138. The number of rotatable bonds is 5. The topological polar surface area (TPSA) is 64.6 Å². The van der Waals surface area contributed by atoms with Crippen molar-refractivity contribution in [2.24, 2.45) is 0 Å². The van der Waals surface area contributed by atoms with Gasteiger partial charge in [-0.1, -0.05) is 6.92 Å². The molecule has 82 valence electrons. The molecule has 0 aliphatic carbocycles. The number of hydrogen-bond acceptors (Lipinski definition) is 5. The van der Waals surface area contributed by atoms with E-state index in [1.807, 2.05) is 6.92 Å². The van der Waals surface area contributed by atoms with Gasteiger partial charge in [0.1, 0.15) is 0 Å². The molecule has 0 spiro atoms. The van der Waals surface area contributed by atoms with Crippen molar-refractivity contribution in [2.45, 2.75) is 27.3 Å². The molecule has 14 heavy (non-hydrogen) atoms. The Morgan fingerprint density at radius 1 is 1.21 bits per heavy atom. The van der Waals surface area contributed by atoms with Crippen LogP contribution in [0.2, 0.25) is 6.55 Å². The van der Waals surface area contributed by atoms with Crippen LogP contribution in [0, 0.1) is 0 Å². The maximum absolute atomic E-state index is 10.8. The highest BCUT2D eigenvalue weighted by Gasteiger charge is 2.37. The van der Waals surface area contributed by atoms with Crippen LogP contribution >= 0.6 is 0 Å². The van der Waals surface area contributed by atoms with Gasteiger partial charge in [-0.3, -0.25) is 9.59 Å². The Labute approximate surface area is 85.0 Å². The molecule has 0 saturated heterocycles. The molecule has 0 unspecified atom stereocenters. The second-order valence-corrected chi connectivity index (χ2v) is 6.13. The van der Waals surface area contributed by atoms with E-state index in [0.717, 1.165) is 6.54 Å². The SMILES string of the molecule is CCNC[Si](C)(OC(C)=O)OC(C)=O. The summed E-state index contributed by atoms with van der Waals surface area (Å²) < 4.78 is 10.1. The van der Waals surface area contributed by atoms with E-state index < -0.39 is 20.5 Å². The summed E-state index contributed by atoms with van der Waals surface area (Å²) in [5.74, 6) is -0.836. The summed E-state index contributed by atoms with van der Waals surface area (Å²) in [7, 11) is -2.71. The van der Waals surface area contributed by atoms with Gasteiger partial charge in [0, 0.05) is 20.4 Å². The average Bonchev–Trinajstić information content (AvgIpc) is 1.97. The minimum Gasteiger partial charge on any atom is -0.484 e. The molecule has 0 aromatic heterocycles. The molecule has 5 nitrogen and oxygen atoms in total. The minimum absolute atomic E-state index is 0.418. The Morgan fingerprint density at radius 3 is 1.93 bits per heavy atom. The lowest BCUT2D eigenvalue weighted by atomic mass is 10.8. The van der Waals surface area contributed by atoms with Crippen LogP contribution in [0.15, 0.2) is 0 Å². The van der Waals surface area contributed by atoms with Crippen LogP contribution in [0.3, 0.4) is 0 Å². The maximum Gasteiger partial charge on any atom is 0.475 e. The lowest BCUT2D eigenvalue weighted by Gasteiger charge is -2.24. The molecule has 6 heteroatoms. The molecule has 0 aliphatic rings. The third-order valence-electron chi connectivity index (χ3n) is 1.42. The van der Waals surface area contributed by atoms with Gasteiger partial charge in [0.05, 0.1) is 6.17 Å². The van der Waals surface area contributed by atoms with E-state index in [0.29, 0.717) is 6.17 Å². The maximum atomic E-state index is 10.8. The summed E-state index contributed by atoms with van der Waals surface area (Å²) in [4.78, 5) is 21.6. The van der Waals surface area contributed by atoms with Gasteiger partial charge in [0.15, 0.2) is 0 Å². The van der Waals surface area contributed by atoms with Crippen molar-refractivity contribution in [3.63, 3.8) is 0 Å². The first-order valence-electron chi connectivity index (χ1n) is 4.49. The normalized spacial score (nSPS) is 10.9. The van der Waals surface area contributed by atoms with Gasteiger partial charge in [0.25, 0.3) is 11.9 Å². The second-order valence-electron chi connectivity index (χ2n) is 3.10. The van der Waals surface area contributed by atoms with E-state index in [-0.39, 0.29) is 0 Å². The van der Waals surface area contributed by atoms with Crippen molar-refractivity contribution in [2.75, 3.05) is 12.7 Å². The Hall–Kier alpha value is -0.883. The number of hydrogen-bond donors (Lipinski definition) is 1. The van der Waals surface area contributed by atoms with Crippen molar-refractivity contribution >= 4 is 20.5 Å². The fourth-order valence-electron chi connectivity index (χ4n) is 1.05. The fraction of sp³-hybridized carbons (Fsp3) is 0.750. The molecule has 0 radical (unpaired) electrons. The molecule has 0 aromatic carbocycles. The molecule has 0 fully saturated rings. The third kappa shape index (κ3) is 5.71. The number of carbonyl (C=O) groups excluding carboxylic acids is 2. The Bertz CT molecular complexity index is 203. The Morgan fingerprint density at radius 2 is 1.64 bits per heavy atom. The predicted octanol–water partition coefficient (Wildman–Crippen LogP) is 0.333. The Kier molecular flexibility index (Phi) is 5.40. The summed E-state index contributed by atoms with van der Waals surface area (Å²) in [6.07, 6.45) is 0.419. The zero-order valence-corrected chi connectivity index (χ0v) is 10.0. The van der Waals surface area contributed by atoms with E-state index in [2.05, 4.69) is 5.32 Å². The van der Waals surface area contributed by atoms with Crippen LogP contribution in [0.5, 0.6) is 0 Å². The van der Waals surface area contributed by atoms with E-state index in [4.69, 9.17) is 8.85 Å². The van der Waals surface area contributed by atoms with E-state index in [1.165, 1.54) is 13.8 Å². The van der Waals surface area contributed by atoms with E-state index in [1.54, 1.807) is 6.55 Å². The fourth-order valence-corrected chi connectivity index (χ4v) is 3.16. The van der Waals surface area contributed by atoms with Crippen molar-refractivity contribution in [1.82, 2.24) is 5.32 Å². The largest absolute Gasteiger partial charge is 0.484 e. The van der Waals surface area contributed by atoms with Crippen LogP contribution in [-0.2, 0) is 18.4 Å². The molecule has 1 N–H and O–H groups in total. The number of nitrogens with one attached hydrogen (secondary N) is 1. The summed E-state index contributed by atoms with van der Waals surface area (Å²) in [5, 5.41) is 3.01. The third-order valence-corrected chi connectivity index (χ3v) is 3.75. The molecule has 0 bridgehead atoms. The molecular formula is C8H17NO4Si. The summed E-state index contributed by atoms with van der Waals surface area (Å²) in [6, 6.07) is 0. The number of carbonyl (C=O) groups is 2. The van der Waals surface area contributed by atoms with Crippen molar-refractivity contribution < 1.29 is 18.4 Å². The zero-order chi connectivity index (χ0) is 11.2. The summed E-state index contributed by atoms with van der Waals surface area (Å²) in [5.41, 5.74) is 0. The van der Waals surface area contributed by atoms with Gasteiger partial charge in [0.2, 0.25) is 0 Å². The lowest BCUT2D eigenvalue weighted by Crippen LogP contribution is -2.50. The zero-order valence-electron chi connectivity index (χ0n) is 9.05. The van der Waals surface area contributed by atoms with Crippen molar-refractivity contribution in [3.05, 3.63) is 0 Å². The highest BCUT2D eigenvalue weighted by Crippen LogP contribution is 2.06. The van der Waals surface area contributed by atoms with Crippen molar-refractivity contribution in [3.8, 4) is 0 Å². The molecule has 0 aromatic rings. The predicted molar refractivity (Wildman–Crippen MR) is 53.7 cm³/mol. The summed E-state index contributed by atoms with van der Waals surface area (Å²) >= 11 is 0. The molecule has 0 heterocycles. The first kappa shape index (κ1) is 13.1. The molecule has 0 amide bonds. The van der Waals surface area contributed by atoms with Crippen LogP contribution in [0.25, 0.3) is 0 Å². The van der Waals surface area contributed by atoms with Gasteiger partial charge >= 0.3 is 8.56 Å².